The summed E-state index contributed by atoms with van der Waals surface area (Å²) in [6.07, 6.45) is 1.68. The number of fused-ring (bicyclic) bond motifs is 1. The molecule has 2 heterocycles. The van der Waals surface area contributed by atoms with E-state index >= 15 is 0 Å². The van der Waals surface area contributed by atoms with Gasteiger partial charge in [0.05, 0.1) is 0 Å². The van der Waals surface area contributed by atoms with E-state index in [1.807, 2.05) is 6.07 Å². The van der Waals surface area contributed by atoms with Crippen LogP contribution in [0.5, 0.6) is 0 Å². The van der Waals surface area contributed by atoms with E-state index in [2.05, 4.69) is 15.3 Å². The Morgan fingerprint density at radius 2 is 2.46 bits per heavy atom. The quantitative estimate of drug-likeness (QED) is 0.715. The first-order chi connectivity index (χ1) is 6.25. The molecule has 0 saturated heterocycles. The predicted octanol–water partition coefficient (Wildman–Crippen LogP) is 1.18. The Morgan fingerprint density at radius 1 is 1.62 bits per heavy atom. The first-order valence-corrected chi connectivity index (χ1v) is 4.35. The Bertz CT molecular complexity index is 419. The Labute approximate surface area is 77.6 Å². The number of carbonyl (C=O) groups excluding carboxylic acids is 1. The van der Waals surface area contributed by atoms with E-state index in [0.717, 1.165) is 10.3 Å². The van der Waals surface area contributed by atoms with Crippen LogP contribution in [0.4, 0.5) is 9.93 Å². The van der Waals surface area contributed by atoms with Gasteiger partial charge in [-0.3, -0.25) is 5.32 Å². The molecule has 0 atom stereocenters. The molecule has 6 heteroatoms. The number of amides is 2. The molecule has 0 aliphatic rings. The molecular weight excluding hydrogens is 188 g/mol. The monoisotopic (exact) mass is 194 g/mol. The standard InChI is InChI=1S/C7H6N4OS/c8-6(12)11-7-10-4-2-1-3-9-5(4)13-7/h1-3H,(H3,8,10,11,12). The van der Waals surface area contributed by atoms with Gasteiger partial charge in [-0.05, 0) is 12.1 Å². The SMILES string of the molecule is NC(=O)Nc1nc2cccnc2s1. The molecule has 2 aromatic heterocycles. The van der Waals surface area contributed by atoms with Crippen LogP contribution in [-0.4, -0.2) is 16.0 Å². The number of anilines is 1. The second kappa shape index (κ2) is 2.98. The Kier molecular flexibility index (Phi) is 1.82. The fraction of sp³-hybridized carbons (Fsp3) is 0. The number of urea groups is 1. The van der Waals surface area contributed by atoms with Crippen molar-refractivity contribution < 1.29 is 4.79 Å². The zero-order valence-corrected chi connectivity index (χ0v) is 7.34. The fourth-order valence-electron chi connectivity index (χ4n) is 0.929. The maximum absolute atomic E-state index is 10.5. The van der Waals surface area contributed by atoms with E-state index in [9.17, 15) is 4.79 Å². The minimum absolute atomic E-state index is 0.473. The summed E-state index contributed by atoms with van der Waals surface area (Å²) in [6.45, 7) is 0. The van der Waals surface area contributed by atoms with Crippen molar-refractivity contribution in [2.75, 3.05) is 5.32 Å². The Hall–Kier alpha value is -1.69. The van der Waals surface area contributed by atoms with Crippen molar-refractivity contribution in [1.82, 2.24) is 9.97 Å². The maximum Gasteiger partial charge on any atom is 0.318 e. The number of pyridine rings is 1. The molecule has 0 radical (unpaired) electrons. The summed E-state index contributed by atoms with van der Waals surface area (Å²) in [7, 11) is 0. The average Bonchev–Trinajstić information content (AvgIpc) is 2.44. The number of nitrogens with zero attached hydrogens (tertiary/aromatic N) is 2. The molecular formula is C7H6N4OS. The first-order valence-electron chi connectivity index (χ1n) is 3.54. The van der Waals surface area contributed by atoms with Gasteiger partial charge in [0.1, 0.15) is 10.3 Å². The number of primary amides is 1. The van der Waals surface area contributed by atoms with Gasteiger partial charge in [-0.15, -0.1) is 0 Å². The Morgan fingerprint density at radius 3 is 3.15 bits per heavy atom. The summed E-state index contributed by atoms with van der Waals surface area (Å²) in [6, 6.07) is 3.00. The number of hydrogen-bond donors (Lipinski definition) is 2. The van der Waals surface area contributed by atoms with Gasteiger partial charge in [-0.25, -0.2) is 14.8 Å². The number of nitrogens with one attached hydrogen (secondary N) is 1. The molecule has 0 aromatic carbocycles. The van der Waals surface area contributed by atoms with Crippen LogP contribution in [0.1, 0.15) is 0 Å². The lowest BCUT2D eigenvalue weighted by atomic mass is 10.5. The third-order valence-electron chi connectivity index (χ3n) is 1.40. The highest BCUT2D eigenvalue weighted by molar-refractivity contribution is 7.21. The molecule has 0 bridgehead atoms. The molecule has 2 rings (SSSR count). The Balaban J connectivity index is 2.44. The van der Waals surface area contributed by atoms with Crippen LogP contribution in [0.25, 0.3) is 10.3 Å². The third kappa shape index (κ3) is 1.57. The van der Waals surface area contributed by atoms with Crippen LogP contribution in [0.15, 0.2) is 18.3 Å². The summed E-state index contributed by atoms with van der Waals surface area (Å²) in [5.41, 5.74) is 5.70. The van der Waals surface area contributed by atoms with Gasteiger partial charge < -0.3 is 5.73 Å². The number of rotatable bonds is 1. The number of aromatic nitrogens is 2. The first kappa shape index (κ1) is 7.93. The molecule has 0 fully saturated rings. The lowest BCUT2D eigenvalue weighted by Crippen LogP contribution is -2.18. The zero-order chi connectivity index (χ0) is 9.26. The summed E-state index contributed by atoms with van der Waals surface area (Å²) in [5, 5.41) is 2.87. The summed E-state index contributed by atoms with van der Waals surface area (Å²) in [4.78, 5) is 19.5. The summed E-state index contributed by atoms with van der Waals surface area (Å²) < 4.78 is 0. The van der Waals surface area contributed by atoms with Crippen LogP contribution in [0.3, 0.4) is 0 Å². The topological polar surface area (TPSA) is 80.9 Å². The van der Waals surface area contributed by atoms with Gasteiger partial charge in [0.2, 0.25) is 0 Å². The summed E-state index contributed by atoms with van der Waals surface area (Å²) in [5.74, 6) is 0. The zero-order valence-electron chi connectivity index (χ0n) is 6.52. The van der Waals surface area contributed by atoms with Gasteiger partial charge in [-0.1, -0.05) is 11.3 Å². The van der Waals surface area contributed by atoms with Crippen LogP contribution >= 0.6 is 11.3 Å². The maximum atomic E-state index is 10.5. The second-order valence-corrected chi connectivity index (χ2v) is 3.31. The normalized spacial score (nSPS) is 10.2. The van der Waals surface area contributed by atoms with E-state index in [1.54, 1.807) is 12.3 Å². The van der Waals surface area contributed by atoms with Gasteiger partial charge in [0.25, 0.3) is 0 Å². The van der Waals surface area contributed by atoms with Crippen LogP contribution in [0.2, 0.25) is 0 Å². The van der Waals surface area contributed by atoms with Crippen molar-refractivity contribution in [3.05, 3.63) is 18.3 Å². The minimum Gasteiger partial charge on any atom is -0.351 e. The van der Waals surface area contributed by atoms with Crippen molar-refractivity contribution >= 4 is 32.8 Å². The van der Waals surface area contributed by atoms with Crippen molar-refractivity contribution in [2.24, 2.45) is 5.73 Å². The minimum atomic E-state index is -0.612. The molecule has 66 valence electrons. The molecule has 2 aromatic rings. The molecule has 0 saturated carbocycles. The largest absolute Gasteiger partial charge is 0.351 e. The van der Waals surface area contributed by atoms with E-state index < -0.39 is 6.03 Å². The third-order valence-corrected chi connectivity index (χ3v) is 2.29. The smallest absolute Gasteiger partial charge is 0.318 e. The highest BCUT2D eigenvalue weighted by Gasteiger charge is 2.04. The predicted molar refractivity (Wildman–Crippen MR) is 50.6 cm³/mol. The number of carbonyl (C=O) groups is 1. The van der Waals surface area contributed by atoms with Crippen molar-refractivity contribution in [3.8, 4) is 0 Å². The van der Waals surface area contributed by atoms with Crippen molar-refractivity contribution in [1.29, 1.82) is 0 Å². The van der Waals surface area contributed by atoms with Crippen LogP contribution < -0.4 is 11.1 Å². The van der Waals surface area contributed by atoms with E-state index in [0.29, 0.717) is 5.13 Å². The fourth-order valence-corrected chi connectivity index (χ4v) is 1.74. The number of thiazole rings is 1. The van der Waals surface area contributed by atoms with Gasteiger partial charge in [0.15, 0.2) is 5.13 Å². The van der Waals surface area contributed by atoms with Gasteiger partial charge in [-0.2, -0.15) is 0 Å². The van der Waals surface area contributed by atoms with E-state index in [1.165, 1.54) is 11.3 Å². The highest BCUT2D eigenvalue weighted by Crippen LogP contribution is 2.22. The molecule has 3 N–H and O–H groups in total. The van der Waals surface area contributed by atoms with Crippen LogP contribution in [-0.2, 0) is 0 Å². The summed E-state index contributed by atoms with van der Waals surface area (Å²) >= 11 is 1.29. The number of nitrogens with two attached hydrogens (primary N) is 1. The molecule has 0 aliphatic heterocycles. The van der Waals surface area contributed by atoms with Crippen LogP contribution in [0, 0.1) is 0 Å². The van der Waals surface area contributed by atoms with Crippen molar-refractivity contribution in [3.63, 3.8) is 0 Å². The second-order valence-electron chi connectivity index (χ2n) is 2.34. The molecule has 0 aliphatic carbocycles. The van der Waals surface area contributed by atoms with E-state index in [-0.39, 0.29) is 0 Å². The molecule has 0 spiro atoms. The number of hydrogen-bond acceptors (Lipinski definition) is 4. The molecule has 5 nitrogen and oxygen atoms in total. The van der Waals surface area contributed by atoms with Crippen molar-refractivity contribution in [2.45, 2.75) is 0 Å². The molecule has 0 unspecified atom stereocenters. The lowest BCUT2D eigenvalue weighted by molar-refractivity contribution is 0.259. The molecule has 2 amide bonds. The van der Waals surface area contributed by atoms with Gasteiger partial charge >= 0.3 is 6.03 Å². The van der Waals surface area contributed by atoms with Gasteiger partial charge in [0, 0.05) is 6.20 Å². The average molecular weight is 194 g/mol. The van der Waals surface area contributed by atoms with E-state index in [4.69, 9.17) is 5.73 Å². The highest BCUT2D eigenvalue weighted by atomic mass is 32.1. The lowest BCUT2D eigenvalue weighted by Gasteiger charge is -1.90. The molecule has 13 heavy (non-hydrogen) atoms.